The quantitative estimate of drug-likeness (QED) is 0.675. The average Bonchev–Trinajstić information content (AvgIpc) is 2.72. The number of carbonyl (C=O) groups is 1. The summed E-state index contributed by atoms with van der Waals surface area (Å²) in [4.78, 5) is 14.9. The molecule has 1 aliphatic rings. The topological polar surface area (TPSA) is 87.7 Å². The van der Waals surface area contributed by atoms with Gasteiger partial charge in [0.15, 0.2) is 0 Å². The molecule has 0 atom stereocenters. The van der Waals surface area contributed by atoms with Crippen molar-refractivity contribution in [1.82, 2.24) is 10.0 Å². The van der Waals surface area contributed by atoms with Gasteiger partial charge in [-0.15, -0.1) is 0 Å². The third-order valence-electron chi connectivity index (χ3n) is 4.65. The van der Waals surface area contributed by atoms with Gasteiger partial charge in [-0.1, -0.05) is 23.7 Å². The molecular formula is C21H26ClN3O4S. The van der Waals surface area contributed by atoms with Crippen LogP contribution in [0, 0.1) is 0 Å². The van der Waals surface area contributed by atoms with Gasteiger partial charge in [0.2, 0.25) is 10.0 Å². The fraction of sp³-hybridized carbons (Fsp3) is 0.381. The predicted octanol–water partition coefficient (Wildman–Crippen LogP) is 2.79. The van der Waals surface area contributed by atoms with Gasteiger partial charge in [-0.05, 0) is 49.7 Å². The first kappa shape index (κ1) is 22.6. The van der Waals surface area contributed by atoms with Crippen LogP contribution in [0.1, 0.15) is 29.8 Å². The van der Waals surface area contributed by atoms with Crippen LogP contribution in [-0.4, -0.2) is 46.7 Å². The van der Waals surface area contributed by atoms with Crippen LogP contribution in [0.3, 0.4) is 0 Å². The summed E-state index contributed by atoms with van der Waals surface area (Å²) in [7, 11) is -3.72. The van der Waals surface area contributed by atoms with Crippen LogP contribution in [0.4, 0.5) is 5.69 Å². The van der Waals surface area contributed by atoms with Crippen molar-refractivity contribution in [2.75, 3.05) is 31.2 Å². The summed E-state index contributed by atoms with van der Waals surface area (Å²) in [5, 5.41) is 3.00. The molecule has 1 saturated heterocycles. The molecule has 3 rings (SSSR count). The van der Waals surface area contributed by atoms with Gasteiger partial charge in [0.1, 0.15) is 0 Å². The molecule has 0 spiro atoms. The zero-order valence-electron chi connectivity index (χ0n) is 17.0. The molecule has 1 heterocycles. The van der Waals surface area contributed by atoms with E-state index >= 15 is 0 Å². The molecule has 2 N–H and O–H groups in total. The first-order valence-electron chi connectivity index (χ1n) is 9.78. The molecule has 0 bridgehead atoms. The van der Waals surface area contributed by atoms with E-state index in [1.165, 1.54) is 18.2 Å². The van der Waals surface area contributed by atoms with Gasteiger partial charge in [-0.25, -0.2) is 13.1 Å². The monoisotopic (exact) mass is 451 g/mol. The third-order valence-corrected chi connectivity index (χ3v) is 6.64. The lowest BCUT2D eigenvalue weighted by Crippen LogP contribution is -2.36. The van der Waals surface area contributed by atoms with Crippen LogP contribution in [0.25, 0.3) is 0 Å². The van der Waals surface area contributed by atoms with Gasteiger partial charge in [0.05, 0.1) is 28.7 Å². The minimum Gasteiger partial charge on any atom is -0.378 e. The predicted molar refractivity (Wildman–Crippen MR) is 118 cm³/mol. The van der Waals surface area contributed by atoms with E-state index in [2.05, 4.69) is 14.9 Å². The molecule has 0 unspecified atom stereocenters. The van der Waals surface area contributed by atoms with Crippen molar-refractivity contribution in [3.63, 3.8) is 0 Å². The molecule has 0 saturated carbocycles. The number of benzene rings is 2. The van der Waals surface area contributed by atoms with E-state index in [4.69, 9.17) is 16.3 Å². The maximum absolute atomic E-state index is 12.6. The van der Waals surface area contributed by atoms with Crippen molar-refractivity contribution >= 4 is 33.2 Å². The van der Waals surface area contributed by atoms with Crippen molar-refractivity contribution in [2.24, 2.45) is 0 Å². The number of morpholine rings is 1. The number of nitrogens with zero attached hydrogens (tertiary/aromatic N) is 1. The second kappa shape index (κ2) is 9.78. The molecule has 7 nitrogen and oxygen atoms in total. The van der Waals surface area contributed by atoms with Gasteiger partial charge in [-0.3, -0.25) is 4.79 Å². The summed E-state index contributed by atoms with van der Waals surface area (Å²) in [5.74, 6) is -0.432. The molecule has 0 aromatic heterocycles. The number of carbonyl (C=O) groups excluding carboxylic acids is 1. The lowest BCUT2D eigenvalue weighted by atomic mass is 10.1. The van der Waals surface area contributed by atoms with Gasteiger partial charge in [0.25, 0.3) is 5.91 Å². The van der Waals surface area contributed by atoms with E-state index in [-0.39, 0.29) is 21.5 Å². The minimum absolute atomic E-state index is 0.000569. The van der Waals surface area contributed by atoms with Crippen LogP contribution in [-0.2, 0) is 21.3 Å². The van der Waals surface area contributed by atoms with Crippen molar-refractivity contribution in [1.29, 1.82) is 0 Å². The lowest BCUT2D eigenvalue weighted by Gasteiger charge is -2.28. The number of hydrogen-bond acceptors (Lipinski definition) is 5. The summed E-state index contributed by atoms with van der Waals surface area (Å²) in [5.41, 5.74) is 2.17. The Balaban J connectivity index is 1.66. The summed E-state index contributed by atoms with van der Waals surface area (Å²) in [6.45, 7) is 6.93. The zero-order valence-corrected chi connectivity index (χ0v) is 18.6. The van der Waals surface area contributed by atoms with Gasteiger partial charge < -0.3 is 15.0 Å². The lowest BCUT2D eigenvalue weighted by molar-refractivity contribution is 0.0951. The molecule has 1 amide bonds. The summed E-state index contributed by atoms with van der Waals surface area (Å²) >= 11 is 6.14. The van der Waals surface area contributed by atoms with E-state index in [1.807, 2.05) is 24.3 Å². The maximum Gasteiger partial charge on any atom is 0.253 e. The molecule has 1 aliphatic heterocycles. The second-order valence-corrected chi connectivity index (χ2v) is 9.49. The Morgan fingerprint density at radius 1 is 1.13 bits per heavy atom. The number of ether oxygens (including phenoxy) is 1. The summed E-state index contributed by atoms with van der Waals surface area (Å²) in [6, 6.07) is 11.8. The van der Waals surface area contributed by atoms with Crippen LogP contribution < -0.4 is 14.9 Å². The molecular weight excluding hydrogens is 426 g/mol. The maximum atomic E-state index is 12.6. The van der Waals surface area contributed by atoms with Crippen molar-refractivity contribution in [2.45, 2.75) is 31.3 Å². The Kier molecular flexibility index (Phi) is 7.36. The average molecular weight is 452 g/mol. The molecule has 0 radical (unpaired) electrons. The summed E-state index contributed by atoms with van der Waals surface area (Å²) in [6.07, 6.45) is 0. The molecule has 0 aliphatic carbocycles. The highest BCUT2D eigenvalue weighted by atomic mass is 35.5. The molecule has 2 aromatic rings. The molecule has 2 aromatic carbocycles. The van der Waals surface area contributed by atoms with E-state index in [0.717, 1.165) is 37.6 Å². The third kappa shape index (κ3) is 5.72. The highest BCUT2D eigenvalue weighted by Gasteiger charge is 2.19. The van der Waals surface area contributed by atoms with Gasteiger partial charge in [-0.2, -0.15) is 0 Å². The van der Waals surface area contributed by atoms with Crippen LogP contribution in [0.15, 0.2) is 47.4 Å². The summed E-state index contributed by atoms with van der Waals surface area (Å²) < 4.78 is 32.6. The standard InChI is InChI=1S/C21H26ClN3O4S/c1-15(2)24-30(27,28)18-7-8-20(22)19(13-18)21(26)23-14-16-3-5-17(6-4-16)25-9-11-29-12-10-25/h3-8,13,15,24H,9-12,14H2,1-2H3,(H,23,26). The number of nitrogens with one attached hydrogen (secondary N) is 2. The second-order valence-electron chi connectivity index (χ2n) is 7.37. The van der Waals surface area contributed by atoms with E-state index in [9.17, 15) is 13.2 Å². The fourth-order valence-corrected chi connectivity index (χ4v) is 4.63. The largest absolute Gasteiger partial charge is 0.378 e. The molecule has 30 heavy (non-hydrogen) atoms. The zero-order chi connectivity index (χ0) is 21.7. The Hall–Kier alpha value is -2.13. The Bertz CT molecular complexity index is 988. The van der Waals surface area contributed by atoms with Gasteiger partial charge >= 0.3 is 0 Å². The van der Waals surface area contributed by atoms with Gasteiger partial charge in [0, 0.05) is 31.4 Å². The normalized spacial score (nSPS) is 14.7. The SMILES string of the molecule is CC(C)NS(=O)(=O)c1ccc(Cl)c(C(=O)NCc2ccc(N3CCOCC3)cc2)c1. The van der Waals surface area contributed by atoms with Crippen LogP contribution >= 0.6 is 11.6 Å². The van der Waals surface area contributed by atoms with Crippen LogP contribution in [0.2, 0.25) is 5.02 Å². The Morgan fingerprint density at radius 2 is 1.80 bits per heavy atom. The number of anilines is 1. The smallest absolute Gasteiger partial charge is 0.253 e. The number of halogens is 1. The highest BCUT2D eigenvalue weighted by Crippen LogP contribution is 2.21. The fourth-order valence-electron chi connectivity index (χ4n) is 3.15. The van der Waals surface area contributed by atoms with Crippen molar-refractivity contribution in [3.05, 3.63) is 58.6 Å². The van der Waals surface area contributed by atoms with Crippen molar-refractivity contribution in [3.8, 4) is 0 Å². The van der Waals surface area contributed by atoms with Crippen LogP contribution in [0.5, 0.6) is 0 Å². The van der Waals surface area contributed by atoms with Crippen molar-refractivity contribution < 1.29 is 17.9 Å². The van der Waals surface area contributed by atoms with E-state index in [0.29, 0.717) is 6.54 Å². The first-order valence-corrected chi connectivity index (χ1v) is 11.6. The number of sulfonamides is 1. The Labute approximate surface area is 182 Å². The van der Waals surface area contributed by atoms with E-state index in [1.54, 1.807) is 13.8 Å². The molecule has 162 valence electrons. The number of hydrogen-bond donors (Lipinski definition) is 2. The highest BCUT2D eigenvalue weighted by molar-refractivity contribution is 7.89. The number of amides is 1. The van der Waals surface area contributed by atoms with E-state index < -0.39 is 15.9 Å². The minimum atomic E-state index is -3.72. The molecule has 1 fully saturated rings. The number of rotatable bonds is 7. The molecule has 9 heteroatoms. The Morgan fingerprint density at radius 3 is 2.43 bits per heavy atom. The first-order chi connectivity index (χ1) is 14.3.